The molecule has 1 heterocycles. The van der Waals surface area contributed by atoms with Crippen molar-refractivity contribution in [2.75, 3.05) is 6.54 Å². The lowest BCUT2D eigenvalue weighted by molar-refractivity contribution is -0.134. The molecular weight excluding hydrogens is 290 g/mol. The molecule has 112 valence electrons. The number of halogens is 1. The summed E-state index contributed by atoms with van der Waals surface area (Å²) in [5, 5.41) is 11.2. The average molecular weight is 308 g/mol. The molecule has 0 saturated carbocycles. The maximum absolute atomic E-state index is 12.6. The molecule has 0 spiro atoms. The first-order valence-electron chi connectivity index (χ1n) is 7.16. The van der Waals surface area contributed by atoms with Gasteiger partial charge in [0, 0.05) is 23.6 Å². The van der Waals surface area contributed by atoms with Gasteiger partial charge in [-0.15, -0.1) is 0 Å². The molecule has 2 aliphatic rings. The highest BCUT2D eigenvalue weighted by atomic mass is 35.5. The average Bonchev–Trinajstić information content (AvgIpc) is 2.83. The van der Waals surface area contributed by atoms with Crippen molar-refractivity contribution in [3.8, 4) is 0 Å². The van der Waals surface area contributed by atoms with E-state index in [9.17, 15) is 14.7 Å². The van der Waals surface area contributed by atoms with Gasteiger partial charge in [-0.1, -0.05) is 11.6 Å². The number of amides is 1. The minimum atomic E-state index is -0.932. The standard InChI is InChI=1S/C16H18ClNO3/c1-16(2)14(20)10-6-5-9(17)8-11(10)13(15(16)21)18-7-3-4-12(18)19/h5-6,8,13,15,21H,3-4,7H2,1-2H3. The molecule has 1 aliphatic heterocycles. The third kappa shape index (κ3) is 2.09. The van der Waals surface area contributed by atoms with Gasteiger partial charge in [0.1, 0.15) is 0 Å². The predicted octanol–water partition coefficient (Wildman–Crippen LogP) is 2.59. The molecule has 0 radical (unpaired) electrons. The number of Topliss-reactive ketones (excluding diaryl/α,β-unsaturated/α-hetero) is 1. The van der Waals surface area contributed by atoms with Crippen molar-refractivity contribution < 1.29 is 14.7 Å². The van der Waals surface area contributed by atoms with E-state index in [1.165, 1.54) is 0 Å². The number of carbonyl (C=O) groups excluding carboxylic acids is 2. The molecule has 3 rings (SSSR count). The van der Waals surface area contributed by atoms with Crippen LogP contribution in [0.2, 0.25) is 5.02 Å². The van der Waals surface area contributed by atoms with Gasteiger partial charge in [0.2, 0.25) is 5.91 Å². The largest absolute Gasteiger partial charge is 0.390 e. The Hall–Kier alpha value is -1.39. The van der Waals surface area contributed by atoms with E-state index in [2.05, 4.69) is 0 Å². The van der Waals surface area contributed by atoms with Gasteiger partial charge in [0.25, 0.3) is 0 Å². The van der Waals surface area contributed by atoms with E-state index >= 15 is 0 Å². The topological polar surface area (TPSA) is 57.6 Å². The van der Waals surface area contributed by atoms with Gasteiger partial charge in [-0.3, -0.25) is 9.59 Å². The zero-order valence-electron chi connectivity index (χ0n) is 12.1. The van der Waals surface area contributed by atoms with Crippen molar-refractivity contribution in [3.05, 3.63) is 34.3 Å². The van der Waals surface area contributed by atoms with Crippen LogP contribution < -0.4 is 0 Å². The molecule has 5 heteroatoms. The lowest BCUT2D eigenvalue weighted by Gasteiger charge is -2.44. The van der Waals surface area contributed by atoms with E-state index in [1.54, 1.807) is 36.9 Å². The molecule has 1 N–H and O–H groups in total. The van der Waals surface area contributed by atoms with Gasteiger partial charge in [0.15, 0.2) is 5.78 Å². The van der Waals surface area contributed by atoms with Crippen LogP contribution in [0.4, 0.5) is 0 Å². The fraction of sp³-hybridized carbons (Fsp3) is 0.500. The number of fused-ring (bicyclic) bond motifs is 1. The summed E-state index contributed by atoms with van der Waals surface area (Å²) in [6.07, 6.45) is 0.345. The van der Waals surface area contributed by atoms with Gasteiger partial charge in [-0.05, 0) is 44.0 Å². The third-order valence-electron chi connectivity index (χ3n) is 4.65. The first kappa shape index (κ1) is 14.5. The summed E-state index contributed by atoms with van der Waals surface area (Å²) in [4.78, 5) is 26.4. The first-order chi connectivity index (χ1) is 9.84. The zero-order valence-corrected chi connectivity index (χ0v) is 12.9. The van der Waals surface area contributed by atoms with Crippen molar-refractivity contribution in [1.29, 1.82) is 0 Å². The van der Waals surface area contributed by atoms with E-state index in [4.69, 9.17) is 11.6 Å². The normalized spacial score (nSPS) is 27.9. The Morgan fingerprint density at radius 1 is 1.33 bits per heavy atom. The van der Waals surface area contributed by atoms with Crippen LogP contribution in [0.1, 0.15) is 48.7 Å². The van der Waals surface area contributed by atoms with Crippen molar-refractivity contribution >= 4 is 23.3 Å². The van der Waals surface area contributed by atoms with Gasteiger partial charge in [-0.2, -0.15) is 0 Å². The smallest absolute Gasteiger partial charge is 0.223 e. The number of rotatable bonds is 1. The Morgan fingerprint density at radius 3 is 2.67 bits per heavy atom. The van der Waals surface area contributed by atoms with Crippen LogP contribution in [0, 0.1) is 5.41 Å². The summed E-state index contributed by atoms with van der Waals surface area (Å²) in [5.41, 5.74) is 0.294. The van der Waals surface area contributed by atoms with Crippen LogP contribution in [0.5, 0.6) is 0 Å². The molecule has 1 aromatic rings. The molecule has 21 heavy (non-hydrogen) atoms. The number of likely N-dealkylation sites (tertiary alicyclic amines) is 1. The van der Waals surface area contributed by atoms with Crippen LogP contribution in [-0.4, -0.2) is 34.3 Å². The second-order valence-electron chi connectivity index (χ2n) is 6.36. The summed E-state index contributed by atoms with van der Waals surface area (Å²) in [6.45, 7) is 4.06. The lowest BCUT2D eigenvalue weighted by atomic mass is 9.68. The van der Waals surface area contributed by atoms with E-state index < -0.39 is 17.6 Å². The molecule has 0 bridgehead atoms. The highest BCUT2D eigenvalue weighted by molar-refractivity contribution is 6.30. The minimum Gasteiger partial charge on any atom is -0.390 e. The van der Waals surface area contributed by atoms with Gasteiger partial charge < -0.3 is 10.0 Å². The highest BCUT2D eigenvalue weighted by Gasteiger charge is 2.50. The number of benzene rings is 1. The van der Waals surface area contributed by atoms with Crippen molar-refractivity contribution in [2.24, 2.45) is 5.41 Å². The zero-order chi connectivity index (χ0) is 15.4. The Morgan fingerprint density at radius 2 is 2.05 bits per heavy atom. The van der Waals surface area contributed by atoms with Crippen LogP contribution in [0.15, 0.2) is 18.2 Å². The van der Waals surface area contributed by atoms with Crippen molar-refractivity contribution in [1.82, 2.24) is 4.90 Å². The molecule has 1 saturated heterocycles. The van der Waals surface area contributed by atoms with Gasteiger partial charge in [-0.25, -0.2) is 0 Å². The van der Waals surface area contributed by atoms with E-state index in [-0.39, 0.29) is 11.7 Å². The number of hydrogen-bond acceptors (Lipinski definition) is 3. The van der Waals surface area contributed by atoms with Gasteiger partial charge >= 0.3 is 0 Å². The molecule has 1 amide bonds. The Balaban J connectivity index is 2.18. The third-order valence-corrected chi connectivity index (χ3v) is 4.88. The number of aliphatic hydroxyl groups excluding tert-OH is 1. The Labute approximate surface area is 128 Å². The minimum absolute atomic E-state index is 0.0233. The van der Waals surface area contributed by atoms with Crippen LogP contribution in [0.3, 0.4) is 0 Å². The molecular formula is C16H18ClNO3. The van der Waals surface area contributed by atoms with Crippen LogP contribution in [-0.2, 0) is 4.79 Å². The lowest BCUT2D eigenvalue weighted by Crippen LogP contribution is -2.51. The quantitative estimate of drug-likeness (QED) is 0.867. The summed E-state index contributed by atoms with van der Waals surface area (Å²) in [7, 11) is 0. The Bertz CT molecular complexity index is 626. The molecule has 1 aromatic carbocycles. The Kier molecular flexibility index (Phi) is 3.34. The second-order valence-corrected chi connectivity index (χ2v) is 6.80. The number of aliphatic hydroxyl groups is 1. The van der Waals surface area contributed by atoms with E-state index in [0.29, 0.717) is 29.1 Å². The number of hydrogen-bond donors (Lipinski definition) is 1. The molecule has 2 atom stereocenters. The monoisotopic (exact) mass is 307 g/mol. The van der Waals surface area contributed by atoms with Crippen molar-refractivity contribution in [2.45, 2.75) is 38.8 Å². The number of nitrogens with zero attached hydrogens (tertiary/aromatic N) is 1. The van der Waals surface area contributed by atoms with Crippen LogP contribution >= 0.6 is 11.6 Å². The molecule has 4 nitrogen and oxygen atoms in total. The van der Waals surface area contributed by atoms with E-state index in [0.717, 1.165) is 6.42 Å². The molecule has 1 aliphatic carbocycles. The molecule has 2 unspecified atom stereocenters. The van der Waals surface area contributed by atoms with E-state index in [1.807, 2.05) is 0 Å². The summed E-state index contributed by atoms with van der Waals surface area (Å²) < 4.78 is 0. The maximum Gasteiger partial charge on any atom is 0.223 e. The highest BCUT2D eigenvalue weighted by Crippen LogP contribution is 2.45. The SMILES string of the molecule is CC1(C)C(=O)c2ccc(Cl)cc2C(N2CCCC2=O)C1O. The fourth-order valence-corrected chi connectivity index (χ4v) is 3.51. The predicted molar refractivity (Wildman–Crippen MR) is 79.3 cm³/mol. The summed E-state index contributed by atoms with van der Waals surface area (Å²) in [6, 6.07) is 4.57. The van der Waals surface area contributed by atoms with Crippen LogP contribution in [0.25, 0.3) is 0 Å². The second kappa shape index (κ2) is 4.82. The summed E-state index contributed by atoms with van der Waals surface area (Å²) >= 11 is 6.06. The molecule has 1 fully saturated rings. The number of carbonyl (C=O) groups is 2. The molecule has 0 aromatic heterocycles. The fourth-order valence-electron chi connectivity index (χ4n) is 3.33. The first-order valence-corrected chi connectivity index (χ1v) is 7.53. The number of ketones is 1. The maximum atomic E-state index is 12.6. The summed E-state index contributed by atoms with van der Waals surface area (Å²) in [5.74, 6) is -0.0836. The van der Waals surface area contributed by atoms with Crippen molar-refractivity contribution in [3.63, 3.8) is 0 Å². The van der Waals surface area contributed by atoms with Gasteiger partial charge in [0.05, 0.1) is 17.6 Å².